The maximum absolute atomic E-state index is 6.46. The Bertz CT molecular complexity index is 405. The summed E-state index contributed by atoms with van der Waals surface area (Å²) in [5.74, 6) is 0.777. The van der Waals surface area contributed by atoms with E-state index in [1.807, 2.05) is 0 Å². The maximum Gasteiger partial charge on any atom is 0.0476 e. The first-order chi connectivity index (χ1) is 8.43. The van der Waals surface area contributed by atoms with E-state index in [9.17, 15) is 0 Å². The Morgan fingerprint density at radius 1 is 1.28 bits per heavy atom. The number of hydrogen-bond acceptors (Lipinski definition) is 2. The maximum atomic E-state index is 6.46. The van der Waals surface area contributed by atoms with Crippen molar-refractivity contribution in [1.82, 2.24) is 4.90 Å². The molecule has 1 atom stereocenters. The van der Waals surface area contributed by atoms with E-state index in [2.05, 4.69) is 57.1 Å². The van der Waals surface area contributed by atoms with Gasteiger partial charge >= 0.3 is 0 Å². The summed E-state index contributed by atoms with van der Waals surface area (Å²) in [7, 11) is 4.19. The van der Waals surface area contributed by atoms with Gasteiger partial charge in [0.05, 0.1) is 0 Å². The molecule has 0 spiro atoms. The number of likely N-dealkylation sites (N-methyl/N-ethyl adjacent to an activating group) is 1. The fourth-order valence-corrected chi connectivity index (χ4v) is 2.43. The normalized spacial score (nSPS) is 18.8. The van der Waals surface area contributed by atoms with Crippen LogP contribution in [0, 0.1) is 0 Å². The minimum Gasteiger partial charge on any atom is -0.322 e. The van der Waals surface area contributed by atoms with Gasteiger partial charge in [-0.3, -0.25) is 0 Å². The minimum atomic E-state index is -0.0295. The number of hydrogen-bond donors (Lipinski definition) is 1. The lowest BCUT2D eigenvalue weighted by molar-refractivity contribution is 0.159. The van der Waals surface area contributed by atoms with Gasteiger partial charge in [0.1, 0.15) is 0 Å². The molecule has 0 aliphatic heterocycles. The number of nitrogens with zero attached hydrogens (tertiary/aromatic N) is 1. The third-order valence-corrected chi connectivity index (χ3v) is 4.76. The van der Waals surface area contributed by atoms with E-state index >= 15 is 0 Å². The van der Waals surface area contributed by atoms with Crippen LogP contribution in [-0.4, -0.2) is 24.5 Å². The molecule has 1 aromatic carbocycles. The Hall–Kier alpha value is -0.860. The minimum absolute atomic E-state index is 0.0295. The molecule has 18 heavy (non-hydrogen) atoms. The zero-order valence-electron chi connectivity index (χ0n) is 12.1. The van der Waals surface area contributed by atoms with E-state index in [1.54, 1.807) is 0 Å². The van der Waals surface area contributed by atoms with Crippen molar-refractivity contribution in [2.24, 2.45) is 5.73 Å². The van der Waals surface area contributed by atoms with Gasteiger partial charge in [0.15, 0.2) is 0 Å². The average Bonchev–Trinajstić information content (AvgIpc) is 2.26. The average molecular weight is 246 g/mol. The molecule has 2 heteroatoms. The topological polar surface area (TPSA) is 29.3 Å². The van der Waals surface area contributed by atoms with E-state index < -0.39 is 0 Å². The highest BCUT2D eigenvalue weighted by atomic mass is 15.2. The zero-order chi connectivity index (χ0) is 13.3. The first-order valence-electron chi connectivity index (χ1n) is 6.96. The third kappa shape index (κ3) is 2.45. The molecule has 0 heterocycles. The lowest BCUT2D eigenvalue weighted by Crippen LogP contribution is -2.47. The molecule has 0 bridgehead atoms. The SMILES string of the molecule is CN(C)C(C)(C)C(N)c1cccc(C2CCC2)c1. The van der Waals surface area contributed by atoms with Crippen LogP contribution in [0.5, 0.6) is 0 Å². The summed E-state index contributed by atoms with van der Waals surface area (Å²) < 4.78 is 0. The first-order valence-corrected chi connectivity index (χ1v) is 6.96. The van der Waals surface area contributed by atoms with Crippen molar-refractivity contribution in [2.45, 2.75) is 50.6 Å². The van der Waals surface area contributed by atoms with Crippen molar-refractivity contribution in [3.05, 3.63) is 35.4 Å². The van der Waals surface area contributed by atoms with Crippen LogP contribution < -0.4 is 5.73 Å². The Morgan fingerprint density at radius 3 is 2.44 bits per heavy atom. The van der Waals surface area contributed by atoms with Crippen molar-refractivity contribution < 1.29 is 0 Å². The molecule has 2 nitrogen and oxygen atoms in total. The van der Waals surface area contributed by atoms with E-state index in [4.69, 9.17) is 5.73 Å². The van der Waals surface area contributed by atoms with E-state index in [0.717, 1.165) is 5.92 Å². The van der Waals surface area contributed by atoms with Gasteiger partial charge in [0.2, 0.25) is 0 Å². The van der Waals surface area contributed by atoms with Crippen LogP contribution in [0.15, 0.2) is 24.3 Å². The molecule has 1 saturated carbocycles. The fourth-order valence-electron chi connectivity index (χ4n) is 2.43. The summed E-state index contributed by atoms with van der Waals surface area (Å²) in [6, 6.07) is 8.95. The molecule has 0 aromatic heterocycles. The first kappa shape index (κ1) is 13.6. The molecule has 0 saturated heterocycles. The van der Waals surface area contributed by atoms with Crippen LogP contribution >= 0.6 is 0 Å². The fraction of sp³-hybridized carbons (Fsp3) is 0.625. The second kappa shape index (κ2) is 5.02. The van der Waals surface area contributed by atoms with Gasteiger partial charge in [-0.2, -0.15) is 0 Å². The zero-order valence-corrected chi connectivity index (χ0v) is 12.1. The van der Waals surface area contributed by atoms with Crippen LogP contribution in [0.2, 0.25) is 0 Å². The van der Waals surface area contributed by atoms with Crippen LogP contribution in [0.1, 0.15) is 56.2 Å². The Kier molecular flexibility index (Phi) is 3.79. The highest BCUT2D eigenvalue weighted by molar-refractivity contribution is 5.31. The lowest BCUT2D eigenvalue weighted by Gasteiger charge is -2.38. The molecule has 0 radical (unpaired) electrons. The molecular formula is C16H26N2. The van der Waals surface area contributed by atoms with Crippen LogP contribution in [-0.2, 0) is 0 Å². The summed E-state index contributed by atoms with van der Waals surface area (Å²) in [5, 5.41) is 0. The Morgan fingerprint density at radius 2 is 1.94 bits per heavy atom. The predicted octanol–water partition coefficient (Wildman–Crippen LogP) is 3.29. The molecule has 1 aliphatic carbocycles. The van der Waals surface area contributed by atoms with Gasteiger partial charge in [-0.1, -0.05) is 30.7 Å². The number of benzene rings is 1. The van der Waals surface area contributed by atoms with Crippen LogP contribution in [0.25, 0.3) is 0 Å². The second-order valence-corrected chi connectivity index (χ2v) is 6.32. The monoisotopic (exact) mass is 246 g/mol. The molecule has 1 aromatic rings. The molecule has 0 amide bonds. The van der Waals surface area contributed by atoms with Crippen molar-refractivity contribution in [3.8, 4) is 0 Å². The van der Waals surface area contributed by atoms with E-state index in [1.165, 1.54) is 30.4 Å². The van der Waals surface area contributed by atoms with Gasteiger partial charge in [-0.05, 0) is 57.8 Å². The molecular weight excluding hydrogens is 220 g/mol. The van der Waals surface area contributed by atoms with Crippen molar-refractivity contribution in [3.63, 3.8) is 0 Å². The Balaban J connectivity index is 2.22. The van der Waals surface area contributed by atoms with E-state index in [-0.39, 0.29) is 11.6 Å². The van der Waals surface area contributed by atoms with Crippen molar-refractivity contribution in [2.75, 3.05) is 14.1 Å². The van der Waals surface area contributed by atoms with E-state index in [0.29, 0.717) is 0 Å². The van der Waals surface area contributed by atoms with Gasteiger partial charge in [0.25, 0.3) is 0 Å². The highest BCUT2D eigenvalue weighted by Gasteiger charge is 2.30. The smallest absolute Gasteiger partial charge is 0.0476 e. The molecule has 2 N–H and O–H groups in total. The Labute approximate surface area is 111 Å². The predicted molar refractivity (Wildman–Crippen MR) is 77.7 cm³/mol. The van der Waals surface area contributed by atoms with Gasteiger partial charge in [0, 0.05) is 11.6 Å². The van der Waals surface area contributed by atoms with Crippen molar-refractivity contribution >= 4 is 0 Å². The summed E-state index contributed by atoms with van der Waals surface area (Å²) >= 11 is 0. The lowest BCUT2D eigenvalue weighted by atomic mass is 9.78. The van der Waals surface area contributed by atoms with Crippen molar-refractivity contribution in [1.29, 1.82) is 0 Å². The molecule has 1 unspecified atom stereocenters. The van der Waals surface area contributed by atoms with Gasteiger partial charge in [-0.25, -0.2) is 0 Å². The third-order valence-electron chi connectivity index (χ3n) is 4.76. The van der Waals surface area contributed by atoms with Crippen LogP contribution in [0.3, 0.4) is 0 Å². The number of rotatable bonds is 4. The summed E-state index contributed by atoms with van der Waals surface area (Å²) in [4.78, 5) is 2.20. The number of nitrogens with two attached hydrogens (primary N) is 1. The van der Waals surface area contributed by atoms with Gasteiger partial charge in [-0.15, -0.1) is 0 Å². The molecule has 1 fully saturated rings. The largest absolute Gasteiger partial charge is 0.322 e. The molecule has 1 aliphatic rings. The quantitative estimate of drug-likeness (QED) is 0.883. The summed E-state index contributed by atoms with van der Waals surface area (Å²) in [6.45, 7) is 4.40. The molecule has 100 valence electrons. The van der Waals surface area contributed by atoms with Gasteiger partial charge < -0.3 is 10.6 Å². The van der Waals surface area contributed by atoms with Crippen LogP contribution in [0.4, 0.5) is 0 Å². The summed E-state index contributed by atoms with van der Waals surface area (Å²) in [6.07, 6.45) is 4.07. The molecule has 2 rings (SSSR count). The highest BCUT2D eigenvalue weighted by Crippen LogP contribution is 2.37. The summed E-state index contributed by atoms with van der Waals surface area (Å²) in [5.41, 5.74) is 9.17. The standard InChI is InChI=1S/C16H26N2/c1-16(2,18(3)4)15(17)14-10-6-9-13(11-14)12-7-5-8-12/h6,9-12,15H,5,7-8,17H2,1-4H3. The second-order valence-electron chi connectivity index (χ2n) is 6.32.